The predicted octanol–water partition coefficient (Wildman–Crippen LogP) is 1.94. The smallest absolute Gasteiger partial charge is 0.354 e. The summed E-state index contributed by atoms with van der Waals surface area (Å²) in [5, 5.41) is 13.1. The molecule has 0 amide bonds. The van der Waals surface area contributed by atoms with Crippen LogP contribution >= 0.6 is 0 Å². The lowest BCUT2D eigenvalue weighted by Gasteiger charge is -2.04. The monoisotopic (exact) mass is 216 g/mol. The second kappa shape index (κ2) is 4.18. The fraction of sp³-hybridized carbons (Fsp3) is 0.167. The molecule has 1 aromatic heterocycles. The summed E-state index contributed by atoms with van der Waals surface area (Å²) < 4.78 is 1.51. The van der Waals surface area contributed by atoms with E-state index in [0.29, 0.717) is 12.1 Å². The molecular weight excluding hydrogens is 204 g/mol. The maximum atomic E-state index is 11.0. The van der Waals surface area contributed by atoms with Crippen molar-refractivity contribution in [2.75, 3.05) is 0 Å². The first-order chi connectivity index (χ1) is 7.68. The fourth-order valence-electron chi connectivity index (χ4n) is 1.63. The summed E-state index contributed by atoms with van der Waals surface area (Å²) in [4.78, 5) is 11.0. The summed E-state index contributed by atoms with van der Waals surface area (Å²) in [5.74, 6) is -0.939. The normalized spacial score (nSPS) is 10.3. The Balaban J connectivity index is 2.32. The molecule has 0 aliphatic rings. The van der Waals surface area contributed by atoms with Crippen molar-refractivity contribution in [3.63, 3.8) is 0 Å². The van der Waals surface area contributed by atoms with Crippen molar-refractivity contribution in [1.29, 1.82) is 0 Å². The summed E-state index contributed by atoms with van der Waals surface area (Å²) in [6, 6.07) is 9.67. The molecule has 16 heavy (non-hydrogen) atoms. The van der Waals surface area contributed by atoms with Gasteiger partial charge in [-0.25, -0.2) is 4.79 Å². The molecule has 4 heteroatoms. The molecule has 0 aliphatic carbocycles. The molecule has 0 aliphatic heterocycles. The minimum Gasteiger partial charge on any atom is -0.477 e. The van der Waals surface area contributed by atoms with Gasteiger partial charge in [0.2, 0.25) is 0 Å². The fourth-order valence-corrected chi connectivity index (χ4v) is 1.63. The number of aromatic carboxylic acids is 1. The second-order valence-electron chi connectivity index (χ2n) is 3.62. The molecule has 1 heterocycles. The first-order valence-corrected chi connectivity index (χ1v) is 4.98. The van der Waals surface area contributed by atoms with Crippen LogP contribution in [0.3, 0.4) is 0 Å². The number of aromatic nitrogens is 2. The van der Waals surface area contributed by atoms with Gasteiger partial charge in [-0.2, -0.15) is 5.10 Å². The van der Waals surface area contributed by atoms with E-state index in [1.54, 1.807) is 13.1 Å². The highest BCUT2D eigenvalue weighted by Gasteiger charge is 2.14. The number of aryl methyl sites for hydroxylation is 1. The maximum Gasteiger partial charge on any atom is 0.354 e. The molecule has 2 aromatic rings. The molecule has 82 valence electrons. The van der Waals surface area contributed by atoms with Crippen molar-refractivity contribution in [2.24, 2.45) is 0 Å². The Morgan fingerprint density at radius 1 is 1.38 bits per heavy atom. The van der Waals surface area contributed by atoms with Gasteiger partial charge in [-0.3, -0.25) is 4.68 Å². The molecule has 0 saturated carbocycles. The topological polar surface area (TPSA) is 55.1 Å². The zero-order valence-electron chi connectivity index (χ0n) is 8.92. The van der Waals surface area contributed by atoms with E-state index in [1.807, 2.05) is 30.3 Å². The van der Waals surface area contributed by atoms with Crippen LogP contribution in [0.5, 0.6) is 0 Å². The van der Waals surface area contributed by atoms with Crippen molar-refractivity contribution in [2.45, 2.75) is 13.5 Å². The van der Waals surface area contributed by atoms with Crippen LogP contribution in [0.2, 0.25) is 0 Å². The average molecular weight is 216 g/mol. The molecule has 1 N–H and O–H groups in total. The van der Waals surface area contributed by atoms with E-state index in [9.17, 15) is 4.79 Å². The van der Waals surface area contributed by atoms with Gasteiger partial charge in [-0.15, -0.1) is 0 Å². The second-order valence-corrected chi connectivity index (χ2v) is 3.62. The van der Waals surface area contributed by atoms with E-state index in [1.165, 1.54) is 4.68 Å². The van der Waals surface area contributed by atoms with Crippen LogP contribution in [-0.4, -0.2) is 20.9 Å². The Hall–Kier alpha value is -2.10. The molecule has 0 atom stereocenters. The van der Waals surface area contributed by atoms with Crippen LogP contribution in [0.25, 0.3) is 0 Å². The highest BCUT2D eigenvalue weighted by molar-refractivity contribution is 5.87. The van der Waals surface area contributed by atoms with Crippen LogP contribution in [0, 0.1) is 6.92 Å². The molecular formula is C12H12N2O2. The predicted molar refractivity (Wildman–Crippen MR) is 59.5 cm³/mol. The Kier molecular flexibility index (Phi) is 2.72. The molecule has 0 spiro atoms. The molecule has 0 fully saturated rings. The van der Waals surface area contributed by atoms with E-state index >= 15 is 0 Å². The van der Waals surface area contributed by atoms with E-state index in [-0.39, 0.29) is 5.69 Å². The van der Waals surface area contributed by atoms with Crippen LogP contribution < -0.4 is 0 Å². The number of carbonyl (C=O) groups is 1. The summed E-state index contributed by atoms with van der Waals surface area (Å²) in [7, 11) is 0. The number of nitrogens with zero attached hydrogens (tertiary/aromatic N) is 2. The number of benzene rings is 1. The van der Waals surface area contributed by atoms with E-state index in [0.717, 1.165) is 5.56 Å². The first kappa shape index (κ1) is 10.4. The van der Waals surface area contributed by atoms with Crippen molar-refractivity contribution in [1.82, 2.24) is 9.78 Å². The van der Waals surface area contributed by atoms with Gasteiger partial charge in [0.1, 0.15) is 5.69 Å². The minimum atomic E-state index is -0.939. The standard InChI is InChI=1S/C12H12N2O2/c1-9-7-13-14(11(9)12(15)16)8-10-5-3-2-4-6-10/h2-7H,8H2,1H3,(H,15,16). The molecule has 1 aromatic carbocycles. The zero-order chi connectivity index (χ0) is 11.5. The summed E-state index contributed by atoms with van der Waals surface area (Å²) >= 11 is 0. The Morgan fingerprint density at radius 2 is 2.06 bits per heavy atom. The molecule has 0 radical (unpaired) electrons. The first-order valence-electron chi connectivity index (χ1n) is 4.98. The van der Waals surface area contributed by atoms with Gasteiger partial charge in [0.25, 0.3) is 0 Å². The average Bonchev–Trinajstić information content (AvgIpc) is 2.61. The van der Waals surface area contributed by atoms with Crippen molar-refractivity contribution in [3.05, 3.63) is 53.3 Å². The molecule has 4 nitrogen and oxygen atoms in total. The Labute approximate surface area is 93.1 Å². The highest BCUT2D eigenvalue weighted by Crippen LogP contribution is 2.10. The van der Waals surface area contributed by atoms with E-state index in [2.05, 4.69) is 5.10 Å². The van der Waals surface area contributed by atoms with Crippen molar-refractivity contribution in [3.8, 4) is 0 Å². The van der Waals surface area contributed by atoms with Crippen LogP contribution in [0.4, 0.5) is 0 Å². The highest BCUT2D eigenvalue weighted by atomic mass is 16.4. The lowest BCUT2D eigenvalue weighted by atomic mass is 10.2. The number of rotatable bonds is 3. The number of hydrogen-bond acceptors (Lipinski definition) is 2. The number of carboxylic acids is 1. The van der Waals surface area contributed by atoms with Crippen molar-refractivity contribution >= 4 is 5.97 Å². The van der Waals surface area contributed by atoms with E-state index < -0.39 is 5.97 Å². The van der Waals surface area contributed by atoms with Crippen LogP contribution in [0.15, 0.2) is 36.5 Å². The van der Waals surface area contributed by atoms with Crippen molar-refractivity contribution < 1.29 is 9.90 Å². The lowest BCUT2D eigenvalue weighted by molar-refractivity contribution is 0.0683. The molecule has 0 saturated heterocycles. The van der Waals surface area contributed by atoms with Gasteiger partial charge in [0, 0.05) is 5.56 Å². The van der Waals surface area contributed by atoms with Gasteiger partial charge in [0.15, 0.2) is 0 Å². The third-order valence-corrected chi connectivity index (χ3v) is 2.40. The lowest BCUT2D eigenvalue weighted by Crippen LogP contribution is -2.11. The SMILES string of the molecule is Cc1cnn(Cc2ccccc2)c1C(=O)O. The Bertz CT molecular complexity index is 503. The number of hydrogen-bond donors (Lipinski definition) is 1. The summed E-state index contributed by atoms with van der Waals surface area (Å²) in [6.07, 6.45) is 1.58. The summed E-state index contributed by atoms with van der Waals surface area (Å²) in [5.41, 5.74) is 1.97. The van der Waals surface area contributed by atoms with Crippen LogP contribution in [0.1, 0.15) is 21.6 Å². The summed E-state index contributed by atoms with van der Waals surface area (Å²) in [6.45, 7) is 2.23. The number of carboxylic acid groups (broad SMARTS) is 1. The van der Waals surface area contributed by atoms with Crippen LogP contribution in [-0.2, 0) is 6.54 Å². The van der Waals surface area contributed by atoms with Gasteiger partial charge in [0.05, 0.1) is 12.7 Å². The maximum absolute atomic E-state index is 11.0. The third-order valence-electron chi connectivity index (χ3n) is 2.40. The van der Waals surface area contributed by atoms with E-state index in [4.69, 9.17) is 5.11 Å². The minimum absolute atomic E-state index is 0.254. The molecule has 0 unspecified atom stereocenters. The molecule has 2 rings (SSSR count). The third kappa shape index (κ3) is 1.95. The largest absolute Gasteiger partial charge is 0.477 e. The van der Waals surface area contributed by atoms with Gasteiger partial charge in [-0.1, -0.05) is 30.3 Å². The molecule has 0 bridgehead atoms. The quantitative estimate of drug-likeness (QED) is 0.853. The van der Waals surface area contributed by atoms with Gasteiger partial charge in [-0.05, 0) is 12.5 Å². The van der Waals surface area contributed by atoms with Gasteiger partial charge < -0.3 is 5.11 Å². The zero-order valence-corrected chi connectivity index (χ0v) is 8.92. The Morgan fingerprint density at radius 3 is 2.69 bits per heavy atom. The van der Waals surface area contributed by atoms with Gasteiger partial charge >= 0.3 is 5.97 Å².